The molecule has 0 bridgehead atoms. The highest BCUT2D eigenvalue weighted by Gasteiger charge is 2.36. The van der Waals surface area contributed by atoms with Crippen molar-refractivity contribution >= 4 is 21.6 Å². The number of hydrogen-bond acceptors (Lipinski definition) is 4. The number of amides is 1. The van der Waals surface area contributed by atoms with Crippen molar-refractivity contribution in [2.75, 3.05) is 24.5 Å². The Balaban J connectivity index is 1.55. The van der Waals surface area contributed by atoms with Crippen molar-refractivity contribution in [3.63, 3.8) is 0 Å². The van der Waals surface area contributed by atoms with Crippen molar-refractivity contribution < 1.29 is 17.9 Å². The second-order valence-corrected chi connectivity index (χ2v) is 10.2. The molecule has 3 aromatic carbocycles. The number of carbonyl (C=O) groups excluding carboxylic acids is 1. The second kappa shape index (κ2) is 9.27. The Morgan fingerprint density at radius 1 is 1.00 bits per heavy atom. The largest absolute Gasteiger partial charge is 0.497 e. The van der Waals surface area contributed by atoms with E-state index in [1.807, 2.05) is 54.6 Å². The summed E-state index contributed by atoms with van der Waals surface area (Å²) in [5, 5.41) is 2.85. The van der Waals surface area contributed by atoms with E-state index in [1.165, 1.54) is 4.31 Å². The number of nitrogens with one attached hydrogen (secondary N) is 1. The molecular weight excluding hydrogens is 436 g/mol. The van der Waals surface area contributed by atoms with Crippen LogP contribution in [0.15, 0.2) is 71.6 Å². The van der Waals surface area contributed by atoms with Crippen LogP contribution in [-0.4, -0.2) is 34.5 Å². The van der Waals surface area contributed by atoms with Gasteiger partial charge in [-0.3, -0.25) is 9.10 Å². The van der Waals surface area contributed by atoms with Gasteiger partial charge in [-0.05, 0) is 53.8 Å². The van der Waals surface area contributed by atoms with Crippen molar-refractivity contribution in [1.29, 1.82) is 0 Å². The first-order valence-corrected chi connectivity index (χ1v) is 12.4. The summed E-state index contributed by atoms with van der Waals surface area (Å²) >= 11 is 0. The third-order valence-corrected chi connectivity index (χ3v) is 7.70. The monoisotopic (exact) mass is 464 g/mol. The molecule has 0 unspecified atom stereocenters. The molecule has 0 aromatic heterocycles. The van der Waals surface area contributed by atoms with Gasteiger partial charge in [0, 0.05) is 17.7 Å². The van der Waals surface area contributed by atoms with Crippen LogP contribution in [0.4, 0.5) is 5.69 Å². The zero-order valence-corrected chi connectivity index (χ0v) is 19.9. The van der Waals surface area contributed by atoms with Crippen LogP contribution in [0.3, 0.4) is 0 Å². The number of anilines is 1. The van der Waals surface area contributed by atoms with Crippen LogP contribution < -0.4 is 14.4 Å². The van der Waals surface area contributed by atoms with Gasteiger partial charge in [0.1, 0.15) is 12.3 Å². The Bertz CT molecular complexity index is 1270. The maximum atomic E-state index is 13.4. The summed E-state index contributed by atoms with van der Waals surface area (Å²) < 4.78 is 33.2. The minimum atomic E-state index is -3.85. The highest BCUT2D eigenvalue weighted by molar-refractivity contribution is 7.93. The van der Waals surface area contributed by atoms with Crippen molar-refractivity contribution in [3.8, 4) is 16.9 Å². The third kappa shape index (κ3) is 4.59. The van der Waals surface area contributed by atoms with Gasteiger partial charge in [-0.2, -0.15) is 0 Å². The number of carbonyl (C=O) groups is 1. The van der Waals surface area contributed by atoms with E-state index in [0.29, 0.717) is 30.1 Å². The fraction of sp³-hybridized carbons (Fsp3) is 0.269. The van der Waals surface area contributed by atoms with E-state index in [-0.39, 0.29) is 17.3 Å². The van der Waals surface area contributed by atoms with Gasteiger partial charge in [-0.15, -0.1) is 0 Å². The van der Waals surface area contributed by atoms with Gasteiger partial charge in [0.15, 0.2) is 0 Å². The topological polar surface area (TPSA) is 75.7 Å². The molecule has 6 nitrogen and oxygen atoms in total. The molecule has 0 saturated carbocycles. The van der Waals surface area contributed by atoms with Crippen LogP contribution in [0.25, 0.3) is 11.1 Å². The lowest BCUT2D eigenvalue weighted by Crippen LogP contribution is -2.43. The van der Waals surface area contributed by atoms with Gasteiger partial charge < -0.3 is 10.1 Å². The summed E-state index contributed by atoms with van der Waals surface area (Å²) in [5.41, 5.74) is 4.21. The average Bonchev–Trinajstić information content (AvgIpc) is 2.82. The van der Waals surface area contributed by atoms with Crippen LogP contribution >= 0.6 is 0 Å². The van der Waals surface area contributed by atoms with E-state index >= 15 is 0 Å². The zero-order valence-electron chi connectivity index (χ0n) is 19.0. The molecule has 0 fully saturated rings. The van der Waals surface area contributed by atoms with E-state index in [0.717, 1.165) is 22.4 Å². The SMILES string of the molecule is COc1ccc(CCNC(=O)CN2c3ccc(C(C)C)cc3-c3ccccc3S2(=O)=O)cc1. The lowest BCUT2D eigenvalue weighted by atomic mass is 9.95. The minimum absolute atomic E-state index is 0.226. The van der Waals surface area contributed by atoms with Crippen LogP contribution in [0.5, 0.6) is 5.75 Å². The lowest BCUT2D eigenvalue weighted by molar-refractivity contribution is -0.119. The first-order valence-electron chi connectivity index (χ1n) is 11.0. The molecule has 7 heteroatoms. The molecule has 172 valence electrons. The van der Waals surface area contributed by atoms with Crippen molar-refractivity contribution in [2.45, 2.75) is 31.1 Å². The molecule has 1 aliphatic rings. The predicted molar refractivity (Wildman–Crippen MR) is 130 cm³/mol. The van der Waals surface area contributed by atoms with Crippen LogP contribution in [0.1, 0.15) is 30.9 Å². The number of sulfonamides is 1. The first kappa shape index (κ1) is 22.9. The molecule has 33 heavy (non-hydrogen) atoms. The number of nitrogens with zero attached hydrogens (tertiary/aromatic N) is 1. The number of ether oxygens (including phenoxy) is 1. The maximum absolute atomic E-state index is 13.4. The first-order chi connectivity index (χ1) is 15.8. The molecule has 1 heterocycles. The minimum Gasteiger partial charge on any atom is -0.497 e. The van der Waals surface area contributed by atoms with E-state index in [2.05, 4.69) is 19.2 Å². The Morgan fingerprint density at radius 2 is 1.73 bits per heavy atom. The van der Waals surface area contributed by atoms with Crippen LogP contribution in [0, 0.1) is 0 Å². The summed E-state index contributed by atoms with van der Waals surface area (Å²) in [7, 11) is -2.24. The average molecular weight is 465 g/mol. The van der Waals surface area contributed by atoms with Crippen molar-refractivity contribution in [3.05, 3.63) is 77.9 Å². The van der Waals surface area contributed by atoms with Crippen LogP contribution in [0.2, 0.25) is 0 Å². The maximum Gasteiger partial charge on any atom is 0.265 e. The number of benzene rings is 3. The fourth-order valence-corrected chi connectivity index (χ4v) is 5.65. The number of rotatable bonds is 7. The van der Waals surface area contributed by atoms with Gasteiger partial charge in [-0.1, -0.05) is 50.2 Å². The fourth-order valence-electron chi connectivity index (χ4n) is 4.00. The summed E-state index contributed by atoms with van der Waals surface area (Å²) in [6, 6.07) is 20.4. The number of fused-ring (bicyclic) bond motifs is 3. The second-order valence-electron chi connectivity index (χ2n) is 8.39. The number of methoxy groups -OCH3 is 1. The Labute approximate surface area is 195 Å². The Kier molecular flexibility index (Phi) is 6.42. The van der Waals surface area contributed by atoms with E-state index < -0.39 is 10.0 Å². The summed E-state index contributed by atoms with van der Waals surface area (Å²) in [4.78, 5) is 13.0. The van der Waals surface area contributed by atoms with Gasteiger partial charge in [0.25, 0.3) is 10.0 Å². The highest BCUT2D eigenvalue weighted by atomic mass is 32.2. The van der Waals surface area contributed by atoms with Gasteiger partial charge in [0.05, 0.1) is 17.7 Å². The molecule has 3 aromatic rings. The molecule has 0 spiro atoms. The summed E-state index contributed by atoms with van der Waals surface area (Å²) in [6.45, 7) is 4.34. The Hall–Kier alpha value is -3.32. The molecule has 1 amide bonds. The molecule has 0 radical (unpaired) electrons. The molecule has 1 N–H and O–H groups in total. The van der Waals surface area contributed by atoms with Gasteiger partial charge >= 0.3 is 0 Å². The van der Waals surface area contributed by atoms with Gasteiger partial charge in [-0.25, -0.2) is 8.42 Å². The third-order valence-electron chi connectivity index (χ3n) is 5.88. The van der Waals surface area contributed by atoms with Crippen LogP contribution in [-0.2, 0) is 21.2 Å². The Morgan fingerprint density at radius 3 is 2.42 bits per heavy atom. The molecule has 4 rings (SSSR count). The van der Waals surface area contributed by atoms with Crippen molar-refractivity contribution in [2.24, 2.45) is 0 Å². The molecular formula is C26H28N2O4S. The quantitative estimate of drug-likeness (QED) is 0.564. The standard InChI is InChI=1S/C26H28N2O4S/c1-18(2)20-10-13-24-23(16-20)22-6-4-5-7-25(22)33(30,31)28(24)17-26(29)27-15-14-19-8-11-21(32-3)12-9-19/h4-13,16,18H,14-15,17H2,1-3H3,(H,27,29). The van der Waals surface area contributed by atoms with E-state index in [1.54, 1.807) is 19.2 Å². The predicted octanol–water partition coefficient (Wildman–Crippen LogP) is 4.35. The lowest BCUT2D eigenvalue weighted by Gasteiger charge is -2.32. The summed E-state index contributed by atoms with van der Waals surface area (Å²) in [6.07, 6.45) is 0.639. The van der Waals surface area contributed by atoms with Crippen molar-refractivity contribution in [1.82, 2.24) is 5.32 Å². The zero-order chi connectivity index (χ0) is 23.6. The number of hydrogen-bond donors (Lipinski definition) is 1. The molecule has 0 aliphatic carbocycles. The molecule has 1 aliphatic heterocycles. The van der Waals surface area contributed by atoms with Gasteiger partial charge in [0.2, 0.25) is 5.91 Å². The highest BCUT2D eigenvalue weighted by Crippen LogP contribution is 2.43. The molecule has 0 atom stereocenters. The van der Waals surface area contributed by atoms with E-state index in [9.17, 15) is 13.2 Å². The van der Waals surface area contributed by atoms with E-state index in [4.69, 9.17) is 4.74 Å². The summed E-state index contributed by atoms with van der Waals surface area (Å²) in [5.74, 6) is 0.735. The molecule has 0 saturated heterocycles. The normalized spacial score (nSPS) is 13.9. The smallest absolute Gasteiger partial charge is 0.265 e.